The molecule has 0 radical (unpaired) electrons. The molecule has 0 spiro atoms. The van der Waals surface area contributed by atoms with Gasteiger partial charge in [-0.25, -0.2) is 0 Å². The fraction of sp³-hybridized carbons (Fsp3) is 1.00. The van der Waals surface area contributed by atoms with Crippen LogP contribution in [-0.4, -0.2) is 38.5 Å². The highest BCUT2D eigenvalue weighted by Gasteiger charge is 2.36. The Morgan fingerprint density at radius 3 is 2.55 bits per heavy atom. The first-order chi connectivity index (χ1) is 9.78. The summed E-state index contributed by atoms with van der Waals surface area (Å²) in [7, 11) is 0. The average Bonchev–Trinajstić information content (AvgIpc) is 3.00. The lowest BCUT2D eigenvalue weighted by Crippen LogP contribution is -2.47. The zero-order valence-corrected chi connectivity index (χ0v) is 13.5. The lowest BCUT2D eigenvalue weighted by Gasteiger charge is -2.41. The van der Waals surface area contributed by atoms with Crippen LogP contribution in [0.25, 0.3) is 0 Å². The van der Waals surface area contributed by atoms with Crippen molar-refractivity contribution >= 4 is 0 Å². The SMILES string of the molecule is CCCNCC1(OCC2CCOC2)CCC(CC)CC1. The molecule has 0 aromatic heterocycles. The Hall–Kier alpha value is -0.120. The molecule has 118 valence electrons. The van der Waals surface area contributed by atoms with Crippen LogP contribution in [-0.2, 0) is 9.47 Å². The normalized spacial score (nSPS) is 34.5. The second kappa shape index (κ2) is 8.35. The first-order valence-electron chi connectivity index (χ1n) is 8.70. The van der Waals surface area contributed by atoms with Crippen molar-refractivity contribution in [2.24, 2.45) is 11.8 Å². The Balaban J connectivity index is 1.82. The van der Waals surface area contributed by atoms with E-state index in [4.69, 9.17) is 9.47 Å². The van der Waals surface area contributed by atoms with E-state index >= 15 is 0 Å². The molecule has 3 heteroatoms. The van der Waals surface area contributed by atoms with Gasteiger partial charge in [0.15, 0.2) is 0 Å². The van der Waals surface area contributed by atoms with Gasteiger partial charge in [-0.1, -0.05) is 20.3 Å². The highest BCUT2D eigenvalue weighted by Crippen LogP contribution is 2.36. The fourth-order valence-electron chi connectivity index (χ4n) is 3.49. The molecule has 1 saturated carbocycles. The molecule has 0 aromatic rings. The van der Waals surface area contributed by atoms with Crippen LogP contribution in [0.5, 0.6) is 0 Å². The highest BCUT2D eigenvalue weighted by atomic mass is 16.5. The largest absolute Gasteiger partial charge is 0.381 e. The van der Waals surface area contributed by atoms with Gasteiger partial charge in [-0.2, -0.15) is 0 Å². The summed E-state index contributed by atoms with van der Waals surface area (Å²) in [5.41, 5.74) is 0.101. The maximum atomic E-state index is 6.45. The van der Waals surface area contributed by atoms with Gasteiger partial charge in [-0.3, -0.25) is 0 Å². The average molecular weight is 283 g/mol. The van der Waals surface area contributed by atoms with Crippen molar-refractivity contribution in [3.63, 3.8) is 0 Å². The number of hydrogen-bond acceptors (Lipinski definition) is 3. The summed E-state index contributed by atoms with van der Waals surface area (Å²) < 4.78 is 11.9. The molecular weight excluding hydrogens is 250 g/mol. The van der Waals surface area contributed by atoms with Gasteiger partial charge < -0.3 is 14.8 Å². The molecule has 1 unspecified atom stereocenters. The first kappa shape index (κ1) is 16.3. The minimum atomic E-state index is 0.101. The predicted octanol–water partition coefficient (Wildman–Crippen LogP) is 3.38. The summed E-state index contributed by atoms with van der Waals surface area (Å²) in [6.07, 6.45) is 8.84. The lowest BCUT2D eigenvalue weighted by atomic mass is 9.77. The van der Waals surface area contributed by atoms with E-state index in [0.717, 1.165) is 38.8 Å². The van der Waals surface area contributed by atoms with E-state index in [0.29, 0.717) is 5.92 Å². The quantitative estimate of drug-likeness (QED) is 0.693. The number of ether oxygens (including phenoxy) is 2. The third kappa shape index (κ3) is 4.71. The number of hydrogen-bond donors (Lipinski definition) is 1. The Labute approximate surface area is 124 Å². The van der Waals surface area contributed by atoms with Gasteiger partial charge in [0.05, 0.1) is 18.8 Å². The van der Waals surface area contributed by atoms with Gasteiger partial charge >= 0.3 is 0 Å². The zero-order chi connectivity index (χ0) is 14.3. The Bertz CT molecular complexity index is 250. The van der Waals surface area contributed by atoms with Crippen molar-refractivity contribution in [1.29, 1.82) is 0 Å². The van der Waals surface area contributed by atoms with Crippen LogP contribution in [0.15, 0.2) is 0 Å². The Kier molecular flexibility index (Phi) is 6.79. The van der Waals surface area contributed by atoms with Gasteiger partial charge in [-0.05, 0) is 51.0 Å². The van der Waals surface area contributed by atoms with E-state index in [2.05, 4.69) is 19.2 Å². The Morgan fingerprint density at radius 1 is 1.15 bits per heavy atom. The van der Waals surface area contributed by atoms with Gasteiger partial charge in [0.2, 0.25) is 0 Å². The van der Waals surface area contributed by atoms with Crippen LogP contribution >= 0.6 is 0 Å². The van der Waals surface area contributed by atoms with E-state index in [1.54, 1.807) is 0 Å². The van der Waals surface area contributed by atoms with Gasteiger partial charge in [-0.15, -0.1) is 0 Å². The Morgan fingerprint density at radius 2 is 1.95 bits per heavy atom. The van der Waals surface area contributed by atoms with Crippen LogP contribution in [0.4, 0.5) is 0 Å². The van der Waals surface area contributed by atoms with Crippen LogP contribution in [0.3, 0.4) is 0 Å². The number of rotatable bonds is 8. The third-order valence-electron chi connectivity index (χ3n) is 5.12. The van der Waals surface area contributed by atoms with Crippen molar-refractivity contribution in [2.45, 2.75) is 64.4 Å². The molecule has 1 aliphatic heterocycles. The van der Waals surface area contributed by atoms with Crippen molar-refractivity contribution < 1.29 is 9.47 Å². The van der Waals surface area contributed by atoms with E-state index in [1.807, 2.05) is 0 Å². The standard InChI is InChI=1S/C17H33NO2/c1-3-10-18-14-17(8-5-15(4-2)6-9-17)20-13-16-7-11-19-12-16/h15-16,18H,3-14H2,1-2H3. The maximum absolute atomic E-state index is 6.45. The number of nitrogens with one attached hydrogen (secondary N) is 1. The van der Waals surface area contributed by atoms with E-state index in [1.165, 1.54) is 44.9 Å². The van der Waals surface area contributed by atoms with Crippen LogP contribution < -0.4 is 5.32 Å². The second-order valence-electron chi connectivity index (χ2n) is 6.75. The molecule has 0 aromatic carbocycles. The predicted molar refractivity (Wildman–Crippen MR) is 83.0 cm³/mol. The summed E-state index contributed by atoms with van der Waals surface area (Å²) in [5, 5.41) is 3.60. The van der Waals surface area contributed by atoms with Crippen molar-refractivity contribution in [3.05, 3.63) is 0 Å². The van der Waals surface area contributed by atoms with E-state index in [9.17, 15) is 0 Å². The van der Waals surface area contributed by atoms with Gasteiger partial charge in [0.1, 0.15) is 0 Å². The monoisotopic (exact) mass is 283 g/mol. The summed E-state index contributed by atoms with van der Waals surface area (Å²) in [5.74, 6) is 1.55. The minimum absolute atomic E-state index is 0.101. The van der Waals surface area contributed by atoms with Crippen LogP contribution in [0.2, 0.25) is 0 Å². The van der Waals surface area contributed by atoms with E-state index in [-0.39, 0.29) is 5.60 Å². The molecule has 1 aliphatic carbocycles. The zero-order valence-electron chi connectivity index (χ0n) is 13.5. The molecule has 2 fully saturated rings. The molecule has 2 rings (SSSR count). The molecule has 0 bridgehead atoms. The topological polar surface area (TPSA) is 30.5 Å². The fourth-order valence-corrected chi connectivity index (χ4v) is 3.49. The second-order valence-corrected chi connectivity index (χ2v) is 6.75. The molecule has 1 atom stereocenters. The molecule has 1 saturated heterocycles. The molecule has 3 nitrogen and oxygen atoms in total. The van der Waals surface area contributed by atoms with E-state index < -0.39 is 0 Å². The van der Waals surface area contributed by atoms with Crippen molar-refractivity contribution in [1.82, 2.24) is 5.32 Å². The smallest absolute Gasteiger partial charge is 0.0806 e. The highest BCUT2D eigenvalue weighted by molar-refractivity contribution is 4.89. The van der Waals surface area contributed by atoms with Gasteiger partial charge in [0, 0.05) is 19.1 Å². The summed E-state index contributed by atoms with van der Waals surface area (Å²) in [4.78, 5) is 0. The minimum Gasteiger partial charge on any atom is -0.381 e. The molecule has 0 amide bonds. The van der Waals surface area contributed by atoms with Crippen molar-refractivity contribution in [2.75, 3.05) is 32.9 Å². The maximum Gasteiger partial charge on any atom is 0.0806 e. The lowest BCUT2D eigenvalue weighted by molar-refractivity contribution is -0.0889. The molecule has 1 heterocycles. The summed E-state index contributed by atoms with van der Waals surface area (Å²) >= 11 is 0. The molecule has 20 heavy (non-hydrogen) atoms. The van der Waals surface area contributed by atoms with Gasteiger partial charge in [0.25, 0.3) is 0 Å². The molecular formula is C17H33NO2. The molecule has 1 N–H and O–H groups in total. The van der Waals surface area contributed by atoms with Crippen LogP contribution in [0, 0.1) is 11.8 Å². The molecule has 2 aliphatic rings. The third-order valence-corrected chi connectivity index (χ3v) is 5.12. The summed E-state index contributed by atoms with van der Waals surface area (Å²) in [6, 6.07) is 0. The summed E-state index contributed by atoms with van der Waals surface area (Å²) in [6.45, 7) is 9.40. The van der Waals surface area contributed by atoms with Crippen LogP contribution in [0.1, 0.15) is 58.8 Å². The van der Waals surface area contributed by atoms with Crippen molar-refractivity contribution in [3.8, 4) is 0 Å². The first-order valence-corrected chi connectivity index (χ1v) is 8.70.